The summed E-state index contributed by atoms with van der Waals surface area (Å²) in [5.74, 6) is 0.0953. The van der Waals surface area contributed by atoms with Crippen LogP contribution in [0.5, 0.6) is 0 Å². The van der Waals surface area contributed by atoms with Gasteiger partial charge in [0, 0.05) is 12.4 Å². The molecule has 24 heavy (non-hydrogen) atoms. The Hall–Kier alpha value is -2.14. The zero-order chi connectivity index (χ0) is 16.6. The molecule has 2 aromatic rings. The molecule has 1 aromatic heterocycles. The van der Waals surface area contributed by atoms with Crippen molar-refractivity contribution < 1.29 is 4.79 Å². The highest BCUT2D eigenvalue weighted by atomic mass is 16.2. The summed E-state index contributed by atoms with van der Waals surface area (Å²) in [6, 6.07) is 12.0. The largest absolute Gasteiger partial charge is 0.346 e. The number of hydrogen-bond donors (Lipinski definition) is 1. The summed E-state index contributed by atoms with van der Waals surface area (Å²) in [5.41, 5.74) is 1.11. The molecular weight excluding hydrogens is 300 g/mol. The zero-order valence-electron chi connectivity index (χ0n) is 14.1. The smallest absolute Gasteiger partial charge is 0.234 e. The van der Waals surface area contributed by atoms with Crippen LogP contribution in [0.15, 0.2) is 48.8 Å². The van der Waals surface area contributed by atoms with E-state index in [0.29, 0.717) is 13.1 Å². The Balaban J connectivity index is 1.63. The number of aromatic nitrogens is 2. The van der Waals surface area contributed by atoms with Crippen molar-refractivity contribution in [1.82, 2.24) is 20.0 Å². The van der Waals surface area contributed by atoms with Gasteiger partial charge >= 0.3 is 0 Å². The van der Waals surface area contributed by atoms with Crippen molar-refractivity contribution in [3.63, 3.8) is 0 Å². The third kappa shape index (κ3) is 4.93. The molecule has 1 aliphatic rings. The Bertz CT molecular complexity index is 604. The summed E-state index contributed by atoms with van der Waals surface area (Å²) >= 11 is 0. The number of likely N-dealkylation sites (tertiary alicyclic amines) is 1. The van der Waals surface area contributed by atoms with E-state index in [0.717, 1.165) is 18.7 Å². The van der Waals surface area contributed by atoms with Crippen molar-refractivity contribution in [1.29, 1.82) is 0 Å². The minimum absolute atomic E-state index is 0.0643. The monoisotopic (exact) mass is 326 g/mol. The Labute approximate surface area is 143 Å². The summed E-state index contributed by atoms with van der Waals surface area (Å²) < 4.78 is 1.86. The first-order valence-corrected chi connectivity index (χ1v) is 8.85. The average Bonchev–Trinajstić information content (AvgIpc) is 2.98. The van der Waals surface area contributed by atoms with Gasteiger partial charge in [-0.2, -0.15) is 5.10 Å². The van der Waals surface area contributed by atoms with Gasteiger partial charge in [-0.25, -0.2) is 0 Å². The Morgan fingerprint density at radius 2 is 1.83 bits per heavy atom. The molecule has 0 unspecified atom stereocenters. The second kappa shape index (κ2) is 8.64. The Kier molecular flexibility index (Phi) is 6.01. The molecule has 1 amide bonds. The standard InChI is InChI=1S/C19H26N4O/c24-19(16-22-12-6-1-2-7-13-22)21-18(15-23-14-8-11-20-23)17-9-4-3-5-10-17/h3-5,8-11,14,18H,1-2,6-7,12-13,15-16H2,(H,21,24)/t18-/m0/s1. The maximum absolute atomic E-state index is 12.6. The highest BCUT2D eigenvalue weighted by Crippen LogP contribution is 2.15. The van der Waals surface area contributed by atoms with E-state index < -0.39 is 0 Å². The van der Waals surface area contributed by atoms with E-state index in [2.05, 4.69) is 27.4 Å². The van der Waals surface area contributed by atoms with E-state index in [1.165, 1.54) is 25.7 Å². The van der Waals surface area contributed by atoms with Gasteiger partial charge in [0.15, 0.2) is 0 Å². The van der Waals surface area contributed by atoms with Crippen molar-refractivity contribution >= 4 is 5.91 Å². The fourth-order valence-electron chi connectivity index (χ4n) is 3.25. The van der Waals surface area contributed by atoms with E-state index in [4.69, 9.17) is 0 Å². The number of carbonyl (C=O) groups excluding carboxylic acids is 1. The number of hydrogen-bond acceptors (Lipinski definition) is 3. The van der Waals surface area contributed by atoms with Gasteiger partial charge in [0.05, 0.1) is 19.1 Å². The molecule has 0 bridgehead atoms. The number of benzene rings is 1. The van der Waals surface area contributed by atoms with E-state index in [9.17, 15) is 4.79 Å². The molecule has 0 spiro atoms. The lowest BCUT2D eigenvalue weighted by Crippen LogP contribution is -2.40. The van der Waals surface area contributed by atoms with Crippen molar-refractivity contribution in [3.05, 3.63) is 54.4 Å². The molecule has 128 valence electrons. The van der Waals surface area contributed by atoms with Crippen LogP contribution < -0.4 is 5.32 Å². The number of nitrogens with one attached hydrogen (secondary N) is 1. The highest BCUT2D eigenvalue weighted by molar-refractivity contribution is 5.78. The van der Waals surface area contributed by atoms with Crippen molar-refractivity contribution in [3.8, 4) is 0 Å². The second-order valence-corrected chi connectivity index (χ2v) is 6.45. The van der Waals surface area contributed by atoms with Crippen LogP contribution in [0, 0.1) is 0 Å². The third-order valence-corrected chi connectivity index (χ3v) is 4.53. The fraction of sp³-hybridized carbons (Fsp3) is 0.474. The van der Waals surface area contributed by atoms with Crippen LogP contribution in [0.1, 0.15) is 37.3 Å². The van der Waals surface area contributed by atoms with Crippen LogP contribution in [0.2, 0.25) is 0 Å². The minimum atomic E-state index is -0.0643. The summed E-state index contributed by atoms with van der Waals surface area (Å²) in [6.45, 7) is 3.19. The first-order chi connectivity index (χ1) is 11.8. The summed E-state index contributed by atoms with van der Waals surface area (Å²) in [4.78, 5) is 14.8. The number of rotatable bonds is 6. The first kappa shape index (κ1) is 16.7. The third-order valence-electron chi connectivity index (χ3n) is 4.53. The number of amides is 1. The van der Waals surface area contributed by atoms with Crippen LogP contribution in [0.3, 0.4) is 0 Å². The van der Waals surface area contributed by atoms with Crippen molar-refractivity contribution in [2.45, 2.75) is 38.3 Å². The first-order valence-electron chi connectivity index (χ1n) is 8.85. The lowest BCUT2D eigenvalue weighted by Gasteiger charge is -2.23. The summed E-state index contributed by atoms with van der Waals surface area (Å²) in [5, 5.41) is 7.47. The number of nitrogens with zero attached hydrogens (tertiary/aromatic N) is 3. The molecule has 5 nitrogen and oxygen atoms in total. The van der Waals surface area contributed by atoms with Gasteiger partial charge in [-0.15, -0.1) is 0 Å². The molecule has 1 atom stereocenters. The topological polar surface area (TPSA) is 50.2 Å². The predicted octanol–water partition coefficient (Wildman–Crippen LogP) is 2.62. The highest BCUT2D eigenvalue weighted by Gasteiger charge is 2.18. The maximum atomic E-state index is 12.6. The van der Waals surface area contributed by atoms with Crippen molar-refractivity contribution in [2.24, 2.45) is 0 Å². The van der Waals surface area contributed by atoms with Crippen molar-refractivity contribution in [2.75, 3.05) is 19.6 Å². The normalized spacial score (nSPS) is 17.2. The number of carbonyl (C=O) groups is 1. The lowest BCUT2D eigenvalue weighted by molar-refractivity contribution is -0.123. The van der Waals surface area contributed by atoms with Gasteiger partial charge < -0.3 is 5.32 Å². The summed E-state index contributed by atoms with van der Waals surface area (Å²) in [7, 11) is 0. The molecule has 3 rings (SSSR count). The molecule has 0 aliphatic carbocycles. The lowest BCUT2D eigenvalue weighted by atomic mass is 10.1. The van der Waals surface area contributed by atoms with Crippen LogP contribution >= 0.6 is 0 Å². The van der Waals surface area contributed by atoms with Gasteiger partial charge in [-0.05, 0) is 37.6 Å². The summed E-state index contributed by atoms with van der Waals surface area (Å²) in [6.07, 6.45) is 8.65. The Morgan fingerprint density at radius 3 is 2.50 bits per heavy atom. The minimum Gasteiger partial charge on any atom is -0.346 e. The molecule has 1 N–H and O–H groups in total. The molecule has 1 aliphatic heterocycles. The van der Waals surface area contributed by atoms with Gasteiger partial charge in [0.1, 0.15) is 0 Å². The molecule has 1 saturated heterocycles. The molecule has 2 heterocycles. The van der Waals surface area contributed by atoms with E-state index in [1.807, 2.05) is 35.1 Å². The second-order valence-electron chi connectivity index (χ2n) is 6.45. The van der Waals surface area contributed by atoms with Crippen LogP contribution in [-0.4, -0.2) is 40.2 Å². The molecule has 0 radical (unpaired) electrons. The zero-order valence-corrected chi connectivity index (χ0v) is 14.1. The average molecular weight is 326 g/mol. The Morgan fingerprint density at radius 1 is 1.08 bits per heavy atom. The van der Waals surface area contributed by atoms with E-state index in [1.54, 1.807) is 6.20 Å². The van der Waals surface area contributed by atoms with Gasteiger partial charge in [-0.1, -0.05) is 43.2 Å². The predicted molar refractivity (Wildman–Crippen MR) is 94.5 cm³/mol. The van der Waals surface area contributed by atoms with Gasteiger partial charge in [0.25, 0.3) is 0 Å². The molecule has 0 saturated carbocycles. The maximum Gasteiger partial charge on any atom is 0.234 e. The molecule has 1 aromatic carbocycles. The molecule has 1 fully saturated rings. The van der Waals surface area contributed by atoms with Gasteiger partial charge in [-0.3, -0.25) is 14.4 Å². The quantitative estimate of drug-likeness (QED) is 0.888. The molecular formula is C19H26N4O. The molecule has 5 heteroatoms. The van der Waals surface area contributed by atoms with Gasteiger partial charge in [0.2, 0.25) is 5.91 Å². The van der Waals surface area contributed by atoms with E-state index in [-0.39, 0.29) is 11.9 Å². The van der Waals surface area contributed by atoms with Crippen LogP contribution in [-0.2, 0) is 11.3 Å². The fourth-order valence-corrected chi connectivity index (χ4v) is 3.25. The van der Waals surface area contributed by atoms with Crippen LogP contribution in [0.25, 0.3) is 0 Å². The van der Waals surface area contributed by atoms with Crippen LogP contribution in [0.4, 0.5) is 0 Å². The van der Waals surface area contributed by atoms with E-state index >= 15 is 0 Å². The SMILES string of the molecule is O=C(CN1CCCCCC1)N[C@@H](Cn1cccn1)c1ccccc1.